The van der Waals surface area contributed by atoms with Gasteiger partial charge in [0, 0.05) is 25.0 Å². The van der Waals surface area contributed by atoms with Gasteiger partial charge in [0.25, 0.3) is 5.91 Å². The summed E-state index contributed by atoms with van der Waals surface area (Å²) in [6, 6.07) is 17.7. The molecule has 0 aliphatic carbocycles. The Labute approximate surface area is 141 Å². The van der Waals surface area contributed by atoms with Crippen molar-refractivity contribution in [2.24, 2.45) is 7.05 Å². The average Bonchev–Trinajstić information content (AvgIpc) is 2.85. The van der Waals surface area contributed by atoms with E-state index in [1.165, 1.54) is 0 Å². The van der Waals surface area contributed by atoms with Crippen LogP contribution in [0, 0.1) is 0 Å². The third-order valence-electron chi connectivity index (χ3n) is 4.43. The molecular formula is C19H19ClN2O. The number of amides is 1. The second kappa shape index (κ2) is 6.09. The molecule has 0 fully saturated rings. The van der Waals surface area contributed by atoms with E-state index < -0.39 is 0 Å². The van der Waals surface area contributed by atoms with Crippen molar-refractivity contribution in [3.8, 4) is 0 Å². The van der Waals surface area contributed by atoms with Gasteiger partial charge in [0.2, 0.25) is 0 Å². The maximum Gasteiger partial charge on any atom is 0.272 e. The Morgan fingerprint density at radius 2 is 1.70 bits per heavy atom. The zero-order chi connectivity index (χ0) is 16.6. The molecule has 0 aliphatic heterocycles. The van der Waals surface area contributed by atoms with Crippen LogP contribution in [0.2, 0.25) is 5.02 Å². The molecule has 1 heterocycles. The molecule has 23 heavy (non-hydrogen) atoms. The monoisotopic (exact) mass is 326 g/mol. The number of carbonyl (C=O) groups excluding carboxylic acids is 1. The molecule has 0 radical (unpaired) electrons. The Bertz CT molecular complexity index is 815. The fourth-order valence-electron chi connectivity index (χ4n) is 2.88. The lowest BCUT2D eigenvalue weighted by Crippen LogP contribution is -2.31. The molecule has 1 atom stereocenters. The van der Waals surface area contributed by atoms with Crippen molar-refractivity contribution in [3.63, 3.8) is 0 Å². The summed E-state index contributed by atoms with van der Waals surface area (Å²) in [7, 11) is 3.69. The van der Waals surface area contributed by atoms with Crippen LogP contribution in [0.4, 0.5) is 0 Å². The van der Waals surface area contributed by atoms with Crippen molar-refractivity contribution in [2.75, 3.05) is 7.05 Å². The van der Waals surface area contributed by atoms with Gasteiger partial charge in [0.15, 0.2) is 0 Å². The molecule has 2 aromatic carbocycles. The summed E-state index contributed by atoms with van der Waals surface area (Å²) in [4.78, 5) is 14.7. The van der Waals surface area contributed by atoms with Crippen LogP contribution < -0.4 is 0 Å². The molecule has 1 aromatic heterocycles. The topological polar surface area (TPSA) is 25.2 Å². The summed E-state index contributed by atoms with van der Waals surface area (Å²) < 4.78 is 1.87. The van der Waals surface area contributed by atoms with Gasteiger partial charge in [-0.15, -0.1) is 0 Å². The molecule has 0 saturated carbocycles. The van der Waals surface area contributed by atoms with Crippen molar-refractivity contribution in [1.29, 1.82) is 0 Å². The molecule has 0 saturated heterocycles. The maximum atomic E-state index is 13.0. The minimum absolute atomic E-state index is 0.0298. The molecule has 0 bridgehead atoms. The molecule has 1 amide bonds. The predicted octanol–water partition coefficient (Wildman–Crippen LogP) is 4.66. The Balaban J connectivity index is 2.00. The maximum absolute atomic E-state index is 13.0. The van der Waals surface area contributed by atoms with E-state index in [4.69, 9.17) is 11.6 Å². The van der Waals surface area contributed by atoms with Crippen molar-refractivity contribution >= 4 is 28.4 Å². The SMILES string of the molecule is CC(c1ccccc1)N(C)C(=O)c1c(Cl)c2ccccc2n1C. The van der Waals surface area contributed by atoms with Crippen LogP contribution in [-0.2, 0) is 7.05 Å². The zero-order valence-electron chi connectivity index (χ0n) is 13.5. The summed E-state index contributed by atoms with van der Waals surface area (Å²) in [5, 5.41) is 1.42. The van der Waals surface area contributed by atoms with E-state index in [-0.39, 0.29) is 11.9 Å². The van der Waals surface area contributed by atoms with Gasteiger partial charge in [-0.3, -0.25) is 4.79 Å². The summed E-state index contributed by atoms with van der Waals surface area (Å²) in [6.07, 6.45) is 0. The van der Waals surface area contributed by atoms with Gasteiger partial charge in [-0.25, -0.2) is 0 Å². The fraction of sp³-hybridized carbons (Fsp3) is 0.211. The zero-order valence-corrected chi connectivity index (χ0v) is 14.2. The summed E-state index contributed by atoms with van der Waals surface area (Å²) in [5.74, 6) is -0.0787. The summed E-state index contributed by atoms with van der Waals surface area (Å²) >= 11 is 6.48. The average molecular weight is 327 g/mol. The van der Waals surface area contributed by atoms with Gasteiger partial charge < -0.3 is 9.47 Å². The number of benzene rings is 2. The molecule has 0 N–H and O–H groups in total. The number of carbonyl (C=O) groups is 1. The van der Waals surface area contributed by atoms with Gasteiger partial charge in [-0.1, -0.05) is 60.1 Å². The van der Waals surface area contributed by atoms with E-state index in [1.807, 2.05) is 80.2 Å². The van der Waals surface area contributed by atoms with Crippen LogP contribution in [0.15, 0.2) is 54.6 Å². The van der Waals surface area contributed by atoms with Crippen LogP contribution in [0.25, 0.3) is 10.9 Å². The highest BCUT2D eigenvalue weighted by Gasteiger charge is 2.25. The molecule has 3 nitrogen and oxygen atoms in total. The van der Waals surface area contributed by atoms with Crippen molar-refractivity contribution in [1.82, 2.24) is 9.47 Å². The normalized spacial score (nSPS) is 12.3. The Morgan fingerprint density at radius 3 is 2.35 bits per heavy atom. The third-order valence-corrected chi connectivity index (χ3v) is 4.81. The van der Waals surface area contributed by atoms with Crippen LogP contribution in [0.5, 0.6) is 0 Å². The first-order chi connectivity index (χ1) is 11.0. The lowest BCUT2D eigenvalue weighted by Gasteiger charge is -2.25. The minimum atomic E-state index is -0.0787. The van der Waals surface area contributed by atoms with Crippen LogP contribution in [0.3, 0.4) is 0 Å². The minimum Gasteiger partial charge on any atom is -0.338 e. The molecule has 1 unspecified atom stereocenters. The van der Waals surface area contributed by atoms with Crippen LogP contribution in [0.1, 0.15) is 29.0 Å². The Hall–Kier alpha value is -2.26. The molecule has 118 valence electrons. The van der Waals surface area contributed by atoms with Crippen molar-refractivity contribution in [3.05, 3.63) is 70.9 Å². The molecule has 3 rings (SSSR count). The van der Waals surface area contributed by atoms with E-state index in [9.17, 15) is 4.79 Å². The number of nitrogens with zero attached hydrogens (tertiary/aromatic N) is 2. The highest BCUT2D eigenvalue weighted by molar-refractivity contribution is 6.38. The van der Waals surface area contributed by atoms with Crippen molar-refractivity contribution in [2.45, 2.75) is 13.0 Å². The first-order valence-electron chi connectivity index (χ1n) is 7.57. The fourth-order valence-corrected chi connectivity index (χ4v) is 3.25. The largest absolute Gasteiger partial charge is 0.338 e. The molecule has 3 aromatic rings. The predicted molar refractivity (Wildman–Crippen MR) is 94.9 cm³/mol. The van der Waals surface area contributed by atoms with E-state index in [2.05, 4.69) is 0 Å². The number of para-hydroxylation sites is 1. The smallest absolute Gasteiger partial charge is 0.272 e. The standard InChI is InChI=1S/C19H19ClN2O/c1-13(14-9-5-4-6-10-14)21(2)19(23)18-17(20)15-11-7-8-12-16(15)22(18)3/h4-13H,1-3H3. The lowest BCUT2D eigenvalue weighted by atomic mass is 10.1. The van der Waals surface area contributed by atoms with Gasteiger partial charge in [0.05, 0.1) is 11.1 Å². The van der Waals surface area contributed by atoms with Crippen molar-refractivity contribution < 1.29 is 4.79 Å². The highest BCUT2D eigenvalue weighted by Crippen LogP contribution is 2.32. The lowest BCUT2D eigenvalue weighted by molar-refractivity contribution is 0.0733. The highest BCUT2D eigenvalue weighted by atomic mass is 35.5. The number of hydrogen-bond donors (Lipinski definition) is 0. The van der Waals surface area contributed by atoms with Crippen LogP contribution in [-0.4, -0.2) is 22.4 Å². The number of hydrogen-bond acceptors (Lipinski definition) is 1. The first kappa shape index (κ1) is 15.6. The second-order valence-corrected chi connectivity index (χ2v) is 6.12. The Kier molecular flexibility index (Phi) is 4.14. The molecular weight excluding hydrogens is 308 g/mol. The molecule has 0 spiro atoms. The van der Waals surface area contributed by atoms with E-state index in [0.29, 0.717) is 10.7 Å². The summed E-state index contributed by atoms with van der Waals surface area (Å²) in [6.45, 7) is 2.02. The number of fused-ring (bicyclic) bond motifs is 1. The van der Waals surface area contributed by atoms with Crippen LogP contribution >= 0.6 is 11.6 Å². The number of halogens is 1. The van der Waals surface area contributed by atoms with E-state index >= 15 is 0 Å². The van der Waals surface area contributed by atoms with Gasteiger partial charge >= 0.3 is 0 Å². The van der Waals surface area contributed by atoms with E-state index in [0.717, 1.165) is 16.5 Å². The number of aromatic nitrogens is 1. The van der Waals surface area contributed by atoms with E-state index in [1.54, 1.807) is 4.90 Å². The number of rotatable bonds is 3. The van der Waals surface area contributed by atoms with Gasteiger partial charge in [-0.2, -0.15) is 0 Å². The van der Waals surface area contributed by atoms with Gasteiger partial charge in [0.1, 0.15) is 5.69 Å². The quantitative estimate of drug-likeness (QED) is 0.687. The summed E-state index contributed by atoms with van der Waals surface area (Å²) in [5.41, 5.74) is 2.58. The molecule has 0 aliphatic rings. The molecule has 4 heteroatoms. The Morgan fingerprint density at radius 1 is 1.09 bits per heavy atom. The second-order valence-electron chi connectivity index (χ2n) is 5.74. The first-order valence-corrected chi connectivity index (χ1v) is 7.95. The number of aryl methyl sites for hydroxylation is 1. The third kappa shape index (κ3) is 2.62. The van der Waals surface area contributed by atoms with Gasteiger partial charge in [-0.05, 0) is 18.6 Å².